The zero-order chi connectivity index (χ0) is 17.6. The molecule has 0 amide bonds. The summed E-state index contributed by atoms with van der Waals surface area (Å²) in [7, 11) is 2.04. The maximum atomic E-state index is 6.13. The Kier molecular flexibility index (Phi) is 3.77. The maximum Gasteiger partial charge on any atom is 0.222 e. The van der Waals surface area contributed by atoms with Crippen molar-refractivity contribution in [1.29, 1.82) is 0 Å². The first-order valence-electron chi connectivity index (χ1n) is 8.12. The number of thioether (sulfide) groups is 1. The van der Waals surface area contributed by atoms with Gasteiger partial charge in [0.25, 0.3) is 0 Å². The molecule has 4 aromatic rings. The molecule has 6 heteroatoms. The minimum Gasteiger partial charge on any atom is -0.383 e. The molecule has 0 bridgehead atoms. The van der Waals surface area contributed by atoms with Gasteiger partial charge in [0, 0.05) is 29.1 Å². The van der Waals surface area contributed by atoms with E-state index in [4.69, 9.17) is 11.5 Å². The van der Waals surface area contributed by atoms with E-state index in [0.29, 0.717) is 5.82 Å². The van der Waals surface area contributed by atoms with Gasteiger partial charge in [-0.3, -0.25) is 0 Å². The van der Waals surface area contributed by atoms with Crippen LogP contribution >= 0.6 is 11.8 Å². The summed E-state index contributed by atoms with van der Waals surface area (Å²) >= 11 is 1.84. The second kappa shape index (κ2) is 5.97. The van der Waals surface area contributed by atoms with Crippen LogP contribution in [0.3, 0.4) is 0 Å². The predicted molar refractivity (Wildman–Crippen MR) is 107 cm³/mol. The van der Waals surface area contributed by atoms with Gasteiger partial charge in [0.15, 0.2) is 0 Å². The molecule has 0 radical (unpaired) electrons. The van der Waals surface area contributed by atoms with Gasteiger partial charge in [-0.25, -0.2) is 4.98 Å². The quantitative estimate of drug-likeness (QED) is 0.545. The van der Waals surface area contributed by atoms with Gasteiger partial charge in [0.1, 0.15) is 5.82 Å². The third-order valence-electron chi connectivity index (χ3n) is 4.34. The molecule has 0 atom stereocenters. The van der Waals surface area contributed by atoms with Crippen molar-refractivity contribution in [2.24, 2.45) is 7.05 Å². The molecule has 25 heavy (non-hydrogen) atoms. The number of benzene rings is 2. The minimum absolute atomic E-state index is 0.195. The molecule has 0 aliphatic heterocycles. The third kappa shape index (κ3) is 2.59. The smallest absolute Gasteiger partial charge is 0.222 e. The normalized spacial score (nSPS) is 11.4. The fraction of sp³-hybridized carbons (Fsp3) is 0.158. The SMILES string of the molecule is CCSc1ccc(-c2cc3nc(N)nc(N)c3c3ccn(C)c23)cc1. The molecule has 0 saturated carbocycles. The lowest BCUT2D eigenvalue weighted by molar-refractivity contribution is 0.970. The van der Waals surface area contributed by atoms with E-state index in [1.807, 2.05) is 31.1 Å². The van der Waals surface area contributed by atoms with Crippen molar-refractivity contribution in [1.82, 2.24) is 14.5 Å². The van der Waals surface area contributed by atoms with Gasteiger partial charge >= 0.3 is 0 Å². The molecule has 5 nitrogen and oxygen atoms in total. The van der Waals surface area contributed by atoms with Crippen molar-refractivity contribution in [2.75, 3.05) is 17.2 Å². The van der Waals surface area contributed by atoms with Crippen molar-refractivity contribution in [3.05, 3.63) is 42.6 Å². The number of nitrogen functional groups attached to an aromatic ring is 2. The number of aryl methyl sites for hydroxylation is 1. The zero-order valence-corrected chi connectivity index (χ0v) is 15.0. The molecule has 4 rings (SSSR count). The van der Waals surface area contributed by atoms with Crippen molar-refractivity contribution in [3.8, 4) is 11.1 Å². The highest BCUT2D eigenvalue weighted by atomic mass is 32.2. The van der Waals surface area contributed by atoms with E-state index >= 15 is 0 Å². The van der Waals surface area contributed by atoms with Gasteiger partial charge in [-0.05, 0) is 35.6 Å². The van der Waals surface area contributed by atoms with E-state index in [9.17, 15) is 0 Å². The van der Waals surface area contributed by atoms with Crippen LogP contribution < -0.4 is 11.5 Å². The highest BCUT2D eigenvalue weighted by Crippen LogP contribution is 2.37. The van der Waals surface area contributed by atoms with E-state index in [0.717, 1.165) is 38.7 Å². The molecular formula is C19H19N5S. The fourth-order valence-corrected chi connectivity index (χ4v) is 3.95. The molecule has 0 aliphatic rings. The molecule has 2 aromatic carbocycles. The molecule has 0 aliphatic carbocycles. The van der Waals surface area contributed by atoms with Crippen LogP contribution in [0.25, 0.3) is 32.9 Å². The van der Waals surface area contributed by atoms with E-state index in [1.54, 1.807) is 0 Å². The minimum atomic E-state index is 0.195. The summed E-state index contributed by atoms with van der Waals surface area (Å²) in [4.78, 5) is 9.80. The van der Waals surface area contributed by atoms with E-state index in [2.05, 4.69) is 51.8 Å². The molecule has 2 heterocycles. The average Bonchev–Trinajstić information content (AvgIpc) is 2.96. The highest BCUT2D eigenvalue weighted by molar-refractivity contribution is 7.99. The summed E-state index contributed by atoms with van der Waals surface area (Å²) in [5.74, 6) is 1.67. The Morgan fingerprint density at radius 3 is 2.56 bits per heavy atom. The van der Waals surface area contributed by atoms with E-state index < -0.39 is 0 Å². The Labute approximate surface area is 150 Å². The fourth-order valence-electron chi connectivity index (χ4n) is 3.28. The number of anilines is 2. The first-order chi connectivity index (χ1) is 12.1. The highest BCUT2D eigenvalue weighted by Gasteiger charge is 2.15. The van der Waals surface area contributed by atoms with Crippen LogP contribution in [0.5, 0.6) is 0 Å². The largest absolute Gasteiger partial charge is 0.383 e. The molecule has 0 fully saturated rings. The van der Waals surface area contributed by atoms with Crippen LogP contribution in [0, 0.1) is 0 Å². The lowest BCUT2D eigenvalue weighted by Crippen LogP contribution is -2.01. The monoisotopic (exact) mass is 349 g/mol. The van der Waals surface area contributed by atoms with Crippen LogP contribution in [-0.4, -0.2) is 20.3 Å². The molecular weight excluding hydrogens is 330 g/mol. The van der Waals surface area contributed by atoms with Crippen LogP contribution in [0.1, 0.15) is 6.92 Å². The van der Waals surface area contributed by atoms with Crippen molar-refractivity contribution < 1.29 is 0 Å². The van der Waals surface area contributed by atoms with E-state index in [1.165, 1.54) is 4.90 Å². The first-order valence-corrected chi connectivity index (χ1v) is 9.11. The number of fused-ring (bicyclic) bond motifs is 3. The summed E-state index contributed by atoms with van der Waals surface area (Å²) in [6.45, 7) is 2.16. The van der Waals surface area contributed by atoms with Gasteiger partial charge in [-0.1, -0.05) is 19.1 Å². The summed E-state index contributed by atoms with van der Waals surface area (Å²) in [6, 6.07) is 12.7. The summed E-state index contributed by atoms with van der Waals surface area (Å²) < 4.78 is 2.11. The number of nitrogens with two attached hydrogens (primary N) is 2. The topological polar surface area (TPSA) is 82.8 Å². The number of hydrogen-bond donors (Lipinski definition) is 2. The van der Waals surface area contributed by atoms with Gasteiger partial charge in [-0.15, -0.1) is 11.8 Å². The standard InChI is InChI=1S/C19H19N5S/c1-3-25-12-6-4-11(5-7-12)14-10-15-16(18(20)23-19(21)22-15)13-8-9-24(2)17(13)14/h4-10H,3H2,1-2H3,(H4,20,21,22,23). The van der Waals surface area contributed by atoms with Gasteiger partial charge in [-0.2, -0.15) is 4.98 Å². The third-order valence-corrected chi connectivity index (χ3v) is 5.23. The molecule has 0 unspecified atom stereocenters. The Morgan fingerprint density at radius 2 is 1.84 bits per heavy atom. The summed E-state index contributed by atoms with van der Waals surface area (Å²) in [5.41, 5.74) is 16.1. The number of hydrogen-bond acceptors (Lipinski definition) is 5. The van der Waals surface area contributed by atoms with Crippen molar-refractivity contribution >= 4 is 45.3 Å². The lowest BCUT2D eigenvalue weighted by atomic mass is 10.00. The summed E-state index contributed by atoms with van der Waals surface area (Å²) in [5, 5.41) is 1.89. The number of aromatic nitrogens is 3. The van der Waals surface area contributed by atoms with Crippen LogP contribution in [0.2, 0.25) is 0 Å². The molecule has 0 saturated heterocycles. The van der Waals surface area contributed by atoms with Crippen molar-refractivity contribution in [2.45, 2.75) is 11.8 Å². The Balaban J connectivity index is 2.03. The van der Waals surface area contributed by atoms with Gasteiger partial charge in [0.05, 0.1) is 16.4 Å². The molecule has 4 N–H and O–H groups in total. The Hall–Kier alpha value is -2.73. The molecule has 2 aromatic heterocycles. The second-order valence-electron chi connectivity index (χ2n) is 5.93. The molecule has 126 valence electrons. The van der Waals surface area contributed by atoms with Gasteiger partial charge in [0.2, 0.25) is 5.95 Å². The Bertz CT molecular complexity index is 1080. The second-order valence-corrected chi connectivity index (χ2v) is 7.27. The number of rotatable bonds is 3. The maximum absolute atomic E-state index is 6.13. The zero-order valence-electron chi connectivity index (χ0n) is 14.2. The first kappa shape index (κ1) is 15.8. The van der Waals surface area contributed by atoms with Crippen molar-refractivity contribution in [3.63, 3.8) is 0 Å². The van der Waals surface area contributed by atoms with E-state index in [-0.39, 0.29) is 5.95 Å². The lowest BCUT2D eigenvalue weighted by Gasteiger charge is -2.11. The van der Waals surface area contributed by atoms with Crippen LogP contribution in [0.4, 0.5) is 11.8 Å². The van der Waals surface area contributed by atoms with Crippen LogP contribution in [-0.2, 0) is 7.05 Å². The number of nitrogens with zero attached hydrogens (tertiary/aromatic N) is 3. The van der Waals surface area contributed by atoms with Gasteiger partial charge < -0.3 is 16.0 Å². The van der Waals surface area contributed by atoms with Crippen LogP contribution in [0.15, 0.2) is 47.5 Å². The molecule has 0 spiro atoms. The summed E-state index contributed by atoms with van der Waals surface area (Å²) in [6.07, 6.45) is 2.03. The Morgan fingerprint density at radius 1 is 1.08 bits per heavy atom. The predicted octanol–water partition coefficient (Wildman–Crippen LogP) is 4.06. The average molecular weight is 349 g/mol.